The molecule has 0 aliphatic carbocycles. The van der Waals surface area contributed by atoms with Crippen molar-refractivity contribution in [3.63, 3.8) is 0 Å². The first-order valence-corrected chi connectivity index (χ1v) is 8.90. The highest BCUT2D eigenvalue weighted by Gasteiger charge is 2.15. The molecule has 2 aromatic carbocycles. The topological polar surface area (TPSA) is 57.1 Å². The number of oxime groups is 1. The number of carbonyl (C=O) groups is 1. The second-order valence-electron chi connectivity index (χ2n) is 5.78. The van der Waals surface area contributed by atoms with E-state index in [0.29, 0.717) is 24.5 Å². The van der Waals surface area contributed by atoms with Crippen LogP contribution in [0, 0.1) is 0 Å². The summed E-state index contributed by atoms with van der Waals surface area (Å²) in [5.41, 5.74) is 3.12. The summed E-state index contributed by atoms with van der Waals surface area (Å²) in [4.78, 5) is 17.1. The molecule has 0 atom stereocenters. The number of benzene rings is 2. The molecule has 0 fully saturated rings. The minimum atomic E-state index is -0.366. The summed E-state index contributed by atoms with van der Waals surface area (Å²) in [5, 5.41) is 3.93. The summed E-state index contributed by atoms with van der Waals surface area (Å²) in [6, 6.07) is 15.2. The SMILES string of the molecule is CC=C(C(=O)OC)c1ccccc1COc1cccc(C=NOCCC)c1. The Morgan fingerprint density at radius 2 is 1.96 bits per heavy atom. The van der Waals surface area contributed by atoms with Gasteiger partial charge >= 0.3 is 5.97 Å². The number of rotatable bonds is 9. The van der Waals surface area contributed by atoms with Gasteiger partial charge in [-0.05, 0) is 42.2 Å². The molecule has 0 saturated heterocycles. The van der Waals surface area contributed by atoms with E-state index in [1.54, 1.807) is 12.3 Å². The monoisotopic (exact) mass is 367 g/mol. The first-order valence-electron chi connectivity index (χ1n) is 8.90. The van der Waals surface area contributed by atoms with Crippen molar-refractivity contribution in [3.8, 4) is 5.75 Å². The number of esters is 1. The fourth-order valence-corrected chi connectivity index (χ4v) is 2.49. The molecule has 142 valence electrons. The molecule has 0 radical (unpaired) electrons. The van der Waals surface area contributed by atoms with E-state index < -0.39 is 0 Å². The summed E-state index contributed by atoms with van der Waals surface area (Å²) in [6.45, 7) is 4.77. The fraction of sp³-hybridized carbons (Fsp3) is 0.273. The zero-order valence-electron chi connectivity index (χ0n) is 16.0. The Balaban J connectivity index is 2.11. The second kappa shape index (κ2) is 10.8. The predicted octanol–water partition coefficient (Wildman–Crippen LogP) is 4.60. The smallest absolute Gasteiger partial charge is 0.338 e. The number of allylic oxidation sites excluding steroid dienone is 1. The molecule has 0 spiro atoms. The average Bonchev–Trinajstić information content (AvgIpc) is 2.71. The summed E-state index contributed by atoms with van der Waals surface area (Å²) in [7, 11) is 1.38. The standard InChI is InChI=1S/C22H25NO4/c1-4-13-27-23-15-17-9-8-11-19(14-17)26-16-18-10-6-7-12-21(18)20(5-2)22(24)25-3/h5-12,14-15H,4,13,16H2,1-3H3. The van der Waals surface area contributed by atoms with Crippen molar-refractivity contribution in [3.05, 3.63) is 71.3 Å². The van der Waals surface area contributed by atoms with Crippen molar-refractivity contribution in [1.29, 1.82) is 0 Å². The van der Waals surface area contributed by atoms with Crippen LogP contribution in [0.5, 0.6) is 5.75 Å². The van der Waals surface area contributed by atoms with Crippen molar-refractivity contribution in [2.75, 3.05) is 13.7 Å². The van der Waals surface area contributed by atoms with Crippen LogP contribution in [0.4, 0.5) is 0 Å². The molecule has 5 heteroatoms. The molecule has 0 aliphatic rings. The van der Waals surface area contributed by atoms with Crippen LogP contribution < -0.4 is 4.74 Å². The number of hydrogen-bond acceptors (Lipinski definition) is 5. The maximum absolute atomic E-state index is 12.0. The molecular formula is C22H25NO4. The predicted molar refractivity (Wildman–Crippen MR) is 107 cm³/mol. The van der Waals surface area contributed by atoms with E-state index in [9.17, 15) is 4.79 Å². The van der Waals surface area contributed by atoms with E-state index in [2.05, 4.69) is 5.16 Å². The molecule has 5 nitrogen and oxygen atoms in total. The van der Waals surface area contributed by atoms with Crippen molar-refractivity contribution >= 4 is 17.8 Å². The van der Waals surface area contributed by atoms with Gasteiger partial charge in [0.2, 0.25) is 0 Å². The van der Waals surface area contributed by atoms with Gasteiger partial charge in [0.1, 0.15) is 19.0 Å². The molecule has 27 heavy (non-hydrogen) atoms. The van der Waals surface area contributed by atoms with E-state index in [0.717, 1.165) is 23.1 Å². The molecule has 2 rings (SSSR count). The lowest BCUT2D eigenvalue weighted by Gasteiger charge is -2.13. The lowest BCUT2D eigenvalue weighted by Crippen LogP contribution is -2.07. The summed E-state index contributed by atoms with van der Waals surface area (Å²) < 4.78 is 10.8. The quantitative estimate of drug-likeness (QED) is 0.214. The Morgan fingerprint density at radius 1 is 1.15 bits per heavy atom. The van der Waals surface area contributed by atoms with Crippen molar-refractivity contribution in [1.82, 2.24) is 0 Å². The number of ether oxygens (including phenoxy) is 2. The van der Waals surface area contributed by atoms with Gasteiger partial charge in [-0.2, -0.15) is 0 Å². The van der Waals surface area contributed by atoms with Gasteiger partial charge in [-0.25, -0.2) is 4.79 Å². The number of hydrogen-bond donors (Lipinski definition) is 0. The molecule has 0 bridgehead atoms. The second-order valence-corrected chi connectivity index (χ2v) is 5.78. The third-order valence-electron chi connectivity index (χ3n) is 3.83. The highest BCUT2D eigenvalue weighted by Crippen LogP contribution is 2.22. The molecule has 0 N–H and O–H groups in total. The Hall–Kier alpha value is -3.08. The highest BCUT2D eigenvalue weighted by molar-refractivity contribution is 6.16. The third-order valence-corrected chi connectivity index (χ3v) is 3.83. The zero-order chi connectivity index (χ0) is 19.5. The van der Waals surface area contributed by atoms with Gasteiger partial charge in [-0.1, -0.05) is 54.6 Å². The van der Waals surface area contributed by atoms with Crippen LogP contribution in [0.2, 0.25) is 0 Å². The summed E-state index contributed by atoms with van der Waals surface area (Å²) in [6.07, 6.45) is 4.32. The maximum atomic E-state index is 12.0. The molecular weight excluding hydrogens is 342 g/mol. The highest BCUT2D eigenvalue weighted by atomic mass is 16.6. The Bertz CT molecular complexity index is 811. The minimum absolute atomic E-state index is 0.331. The minimum Gasteiger partial charge on any atom is -0.489 e. The van der Waals surface area contributed by atoms with E-state index in [4.69, 9.17) is 14.3 Å². The Kier molecular flexibility index (Phi) is 8.10. The number of nitrogens with zero attached hydrogens (tertiary/aromatic N) is 1. The van der Waals surface area contributed by atoms with E-state index >= 15 is 0 Å². The van der Waals surface area contributed by atoms with Gasteiger partial charge in [0.25, 0.3) is 0 Å². The van der Waals surface area contributed by atoms with Crippen LogP contribution in [-0.2, 0) is 21.0 Å². The zero-order valence-corrected chi connectivity index (χ0v) is 16.0. The molecule has 0 aromatic heterocycles. The van der Waals surface area contributed by atoms with Gasteiger partial charge in [0.15, 0.2) is 0 Å². The van der Waals surface area contributed by atoms with Crippen LogP contribution in [-0.4, -0.2) is 25.9 Å². The molecule has 0 amide bonds. The van der Waals surface area contributed by atoms with Gasteiger partial charge in [-0.3, -0.25) is 0 Å². The van der Waals surface area contributed by atoms with E-state index in [1.807, 2.05) is 62.4 Å². The molecule has 0 aliphatic heterocycles. The van der Waals surface area contributed by atoms with Gasteiger partial charge in [-0.15, -0.1) is 0 Å². The van der Waals surface area contributed by atoms with E-state index in [1.165, 1.54) is 7.11 Å². The molecule has 0 unspecified atom stereocenters. The van der Waals surface area contributed by atoms with Gasteiger partial charge < -0.3 is 14.3 Å². The lowest BCUT2D eigenvalue weighted by molar-refractivity contribution is -0.133. The number of carbonyl (C=O) groups excluding carboxylic acids is 1. The fourth-order valence-electron chi connectivity index (χ4n) is 2.49. The molecule has 0 saturated carbocycles. The molecule has 0 heterocycles. The van der Waals surface area contributed by atoms with Gasteiger partial charge in [0, 0.05) is 0 Å². The summed E-state index contributed by atoms with van der Waals surface area (Å²) >= 11 is 0. The lowest BCUT2D eigenvalue weighted by atomic mass is 10.00. The van der Waals surface area contributed by atoms with Crippen molar-refractivity contribution in [2.45, 2.75) is 26.9 Å². The van der Waals surface area contributed by atoms with Gasteiger partial charge in [0.05, 0.1) is 18.9 Å². The first-order chi connectivity index (χ1) is 13.2. The molecule has 2 aromatic rings. The van der Waals surface area contributed by atoms with Crippen LogP contribution in [0.25, 0.3) is 5.57 Å². The van der Waals surface area contributed by atoms with Crippen LogP contribution in [0.15, 0.2) is 59.8 Å². The van der Waals surface area contributed by atoms with E-state index in [-0.39, 0.29) is 5.97 Å². The largest absolute Gasteiger partial charge is 0.489 e. The normalized spacial score (nSPS) is 11.4. The van der Waals surface area contributed by atoms with Crippen LogP contribution in [0.1, 0.15) is 37.0 Å². The average molecular weight is 367 g/mol. The van der Waals surface area contributed by atoms with Crippen LogP contribution in [0.3, 0.4) is 0 Å². The summed E-state index contributed by atoms with van der Waals surface area (Å²) in [5.74, 6) is 0.347. The maximum Gasteiger partial charge on any atom is 0.338 e. The Morgan fingerprint density at radius 3 is 2.70 bits per heavy atom. The van der Waals surface area contributed by atoms with Crippen molar-refractivity contribution in [2.24, 2.45) is 5.16 Å². The first kappa shape index (κ1) is 20.2. The Labute approximate surface area is 160 Å². The number of methoxy groups -OCH3 is 1. The van der Waals surface area contributed by atoms with Crippen molar-refractivity contribution < 1.29 is 19.1 Å². The third kappa shape index (κ3) is 5.99. The van der Waals surface area contributed by atoms with Crippen LogP contribution >= 0.6 is 0 Å².